The predicted octanol–water partition coefficient (Wildman–Crippen LogP) is 5.49. The van der Waals surface area contributed by atoms with Crippen molar-refractivity contribution in [3.63, 3.8) is 0 Å². The lowest BCUT2D eigenvalue weighted by Gasteiger charge is -2.25. The van der Waals surface area contributed by atoms with E-state index in [2.05, 4.69) is 4.98 Å². The van der Waals surface area contributed by atoms with Crippen LogP contribution >= 0.6 is 11.6 Å². The highest BCUT2D eigenvalue weighted by Gasteiger charge is 2.45. The summed E-state index contributed by atoms with van der Waals surface area (Å²) in [5.41, 5.74) is 3.24. The van der Waals surface area contributed by atoms with Gasteiger partial charge in [-0.2, -0.15) is 0 Å². The molecule has 0 spiro atoms. The number of halogens is 1. The van der Waals surface area contributed by atoms with E-state index in [9.17, 15) is 14.7 Å². The number of aromatic amines is 1. The van der Waals surface area contributed by atoms with E-state index in [1.54, 1.807) is 55.6 Å². The number of methoxy groups -OCH3 is 1. The zero-order chi connectivity index (χ0) is 24.5. The zero-order valence-corrected chi connectivity index (χ0v) is 19.8. The number of rotatable bonds is 6. The number of Topliss-reactive ketones (excluding diaryl/α,β-unsaturated/α-hetero) is 1. The van der Waals surface area contributed by atoms with E-state index in [0.29, 0.717) is 34.9 Å². The number of nitrogens with one attached hydrogen (secondary N) is 1. The first-order valence-corrected chi connectivity index (χ1v) is 11.6. The molecule has 5 rings (SSSR count). The number of likely N-dealkylation sites (tertiary alicyclic amines) is 1. The molecule has 1 aromatic heterocycles. The number of aliphatic hydroxyl groups is 1. The summed E-state index contributed by atoms with van der Waals surface area (Å²) >= 11 is 6.10. The largest absolute Gasteiger partial charge is 0.507 e. The van der Waals surface area contributed by atoms with Crippen molar-refractivity contribution in [2.75, 3.05) is 13.7 Å². The number of carbonyl (C=O) groups excluding carboxylic acids is 2. The number of benzene rings is 3. The third-order valence-electron chi connectivity index (χ3n) is 6.39. The van der Waals surface area contributed by atoms with Crippen molar-refractivity contribution in [3.8, 4) is 5.75 Å². The van der Waals surface area contributed by atoms with Crippen molar-refractivity contribution >= 4 is 40.0 Å². The molecule has 3 aromatic carbocycles. The maximum atomic E-state index is 13.2. The molecule has 2 N–H and O–H groups in total. The Balaban J connectivity index is 1.55. The lowest BCUT2D eigenvalue weighted by molar-refractivity contribution is -0.139. The van der Waals surface area contributed by atoms with Gasteiger partial charge >= 0.3 is 0 Å². The van der Waals surface area contributed by atoms with Gasteiger partial charge in [-0.25, -0.2) is 0 Å². The van der Waals surface area contributed by atoms with Crippen LogP contribution in [0.4, 0.5) is 0 Å². The highest BCUT2D eigenvalue weighted by atomic mass is 35.5. The van der Waals surface area contributed by atoms with Gasteiger partial charge in [0.1, 0.15) is 11.5 Å². The zero-order valence-electron chi connectivity index (χ0n) is 19.0. The molecule has 4 aromatic rings. The summed E-state index contributed by atoms with van der Waals surface area (Å²) in [7, 11) is 1.55. The van der Waals surface area contributed by atoms with E-state index in [1.165, 1.54) is 4.90 Å². The number of aromatic nitrogens is 1. The van der Waals surface area contributed by atoms with Gasteiger partial charge < -0.3 is 19.7 Å². The number of ketones is 1. The summed E-state index contributed by atoms with van der Waals surface area (Å²) in [6.07, 6.45) is 2.47. The SMILES string of the molecule is COc1ccc(C(O)=C2C(=O)C(=O)N(CCc3c[nH]c4ccccc34)[C@H]2c2ccc(Cl)cc2)cc1. The second-order valence-corrected chi connectivity index (χ2v) is 8.82. The molecule has 6 nitrogen and oxygen atoms in total. The fourth-order valence-electron chi connectivity index (χ4n) is 4.59. The van der Waals surface area contributed by atoms with Gasteiger partial charge in [0.2, 0.25) is 0 Å². The number of fused-ring (bicyclic) bond motifs is 1. The summed E-state index contributed by atoms with van der Waals surface area (Å²) in [5, 5.41) is 12.8. The minimum Gasteiger partial charge on any atom is -0.507 e. The summed E-state index contributed by atoms with van der Waals surface area (Å²) < 4.78 is 5.19. The topological polar surface area (TPSA) is 82.6 Å². The standard InChI is InChI=1S/C28H23ClN2O4/c1-35-21-12-8-18(9-13-21)26(32)24-25(17-6-10-20(29)11-7-17)31(28(34)27(24)33)15-14-19-16-30-23-5-3-2-4-22(19)23/h2-13,16,25,30,32H,14-15H2,1H3/t25-/m0/s1. The second kappa shape index (κ2) is 9.31. The van der Waals surface area contributed by atoms with E-state index in [0.717, 1.165) is 16.5 Å². The van der Waals surface area contributed by atoms with Crippen LogP contribution in [-0.2, 0) is 16.0 Å². The fraction of sp³-hybridized carbons (Fsp3) is 0.143. The van der Waals surface area contributed by atoms with E-state index in [1.807, 2.05) is 30.5 Å². The molecule has 1 saturated heterocycles. The average Bonchev–Trinajstić information content (AvgIpc) is 3.41. The molecule has 1 aliphatic heterocycles. The van der Waals surface area contributed by atoms with Crippen LogP contribution in [0.2, 0.25) is 5.02 Å². The van der Waals surface area contributed by atoms with Crippen LogP contribution in [0.5, 0.6) is 5.75 Å². The second-order valence-electron chi connectivity index (χ2n) is 8.38. The molecule has 0 bridgehead atoms. The third-order valence-corrected chi connectivity index (χ3v) is 6.64. The van der Waals surface area contributed by atoms with Gasteiger partial charge in [-0.3, -0.25) is 9.59 Å². The third kappa shape index (κ3) is 4.17. The molecule has 0 aliphatic carbocycles. The maximum Gasteiger partial charge on any atom is 0.295 e. The minimum atomic E-state index is -0.737. The molecule has 0 unspecified atom stereocenters. The van der Waals surface area contributed by atoms with Crippen molar-refractivity contribution in [2.45, 2.75) is 12.5 Å². The van der Waals surface area contributed by atoms with Crippen LogP contribution in [0.1, 0.15) is 22.7 Å². The number of hydrogen-bond acceptors (Lipinski definition) is 4. The summed E-state index contributed by atoms with van der Waals surface area (Å²) in [5.74, 6) is -0.951. The molecule has 0 saturated carbocycles. The lowest BCUT2D eigenvalue weighted by atomic mass is 9.95. The van der Waals surface area contributed by atoms with Crippen molar-refractivity contribution in [1.29, 1.82) is 0 Å². The lowest BCUT2D eigenvalue weighted by Crippen LogP contribution is -2.31. The number of aliphatic hydroxyl groups excluding tert-OH is 1. The fourth-order valence-corrected chi connectivity index (χ4v) is 4.71. The highest BCUT2D eigenvalue weighted by Crippen LogP contribution is 2.40. The first kappa shape index (κ1) is 22.7. The molecule has 1 amide bonds. The van der Waals surface area contributed by atoms with Crippen molar-refractivity contribution in [2.24, 2.45) is 0 Å². The molecule has 1 atom stereocenters. The van der Waals surface area contributed by atoms with Gasteiger partial charge in [-0.05, 0) is 60.0 Å². The van der Waals surface area contributed by atoms with Gasteiger partial charge in [0.15, 0.2) is 0 Å². The van der Waals surface area contributed by atoms with E-state index in [4.69, 9.17) is 16.3 Å². The Morgan fingerprint density at radius 3 is 2.46 bits per heavy atom. The van der Waals surface area contributed by atoms with Crippen LogP contribution in [0.3, 0.4) is 0 Å². The first-order valence-electron chi connectivity index (χ1n) is 11.2. The molecular formula is C28H23ClN2O4. The Morgan fingerprint density at radius 2 is 1.74 bits per heavy atom. The minimum absolute atomic E-state index is 0.0569. The van der Waals surface area contributed by atoms with Gasteiger partial charge in [-0.15, -0.1) is 0 Å². The van der Waals surface area contributed by atoms with Crippen molar-refractivity contribution < 1.29 is 19.4 Å². The highest BCUT2D eigenvalue weighted by molar-refractivity contribution is 6.46. The number of para-hydroxylation sites is 1. The maximum absolute atomic E-state index is 13.2. The Hall–Kier alpha value is -4.03. The number of H-pyrrole nitrogens is 1. The monoisotopic (exact) mass is 486 g/mol. The molecule has 0 radical (unpaired) electrons. The number of hydrogen-bond donors (Lipinski definition) is 2. The van der Waals surface area contributed by atoms with Crippen molar-refractivity contribution in [1.82, 2.24) is 9.88 Å². The molecule has 7 heteroatoms. The Labute approximate surface area is 207 Å². The molecule has 176 valence electrons. The Morgan fingerprint density at radius 1 is 1.03 bits per heavy atom. The summed E-state index contributed by atoms with van der Waals surface area (Å²) in [4.78, 5) is 31.2. The number of ether oxygens (including phenoxy) is 1. The molecule has 35 heavy (non-hydrogen) atoms. The van der Waals surface area contributed by atoms with E-state index < -0.39 is 17.7 Å². The van der Waals surface area contributed by atoms with Crippen LogP contribution in [-0.4, -0.2) is 40.3 Å². The first-order chi connectivity index (χ1) is 17.0. The van der Waals surface area contributed by atoms with Gasteiger partial charge in [0.05, 0.1) is 18.7 Å². The summed E-state index contributed by atoms with van der Waals surface area (Å²) in [6, 6.07) is 20.9. The quantitative estimate of drug-likeness (QED) is 0.214. The number of nitrogens with zero attached hydrogens (tertiary/aromatic N) is 1. The Kier molecular flexibility index (Phi) is 6.05. The molecule has 2 heterocycles. The smallest absolute Gasteiger partial charge is 0.295 e. The molecule has 1 aliphatic rings. The van der Waals surface area contributed by atoms with Gasteiger partial charge in [0, 0.05) is 34.2 Å². The van der Waals surface area contributed by atoms with Crippen LogP contribution in [0.15, 0.2) is 84.6 Å². The van der Waals surface area contributed by atoms with Gasteiger partial charge in [-0.1, -0.05) is 41.9 Å². The van der Waals surface area contributed by atoms with E-state index in [-0.39, 0.29) is 11.3 Å². The summed E-state index contributed by atoms with van der Waals surface area (Å²) in [6.45, 7) is 0.305. The van der Waals surface area contributed by atoms with Crippen LogP contribution in [0.25, 0.3) is 16.7 Å². The number of carbonyl (C=O) groups is 2. The predicted molar refractivity (Wildman–Crippen MR) is 135 cm³/mol. The van der Waals surface area contributed by atoms with Crippen LogP contribution < -0.4 is 4.74 Å². The molecular weight excluding hydrogens is 464 g/mol. The van der Waals surface area contributed by atoms with Crippen molar-refractivity contribution in [3.05, 3.63) is 106 Å². The van der Waals surface area contributed by atoms with Gasteiger partial charge in [0.25, 0.3) is 11.7 Å². The van der Waals surface area contributed by atoms with Crippen LogP contribution in [0, 0.1) is 0 Å². The normalized spacial score (nSPS) is 17.3. The van der Waals surface area contributed by atoms with E-state index >= 15 is 0 Å². The molecule has 1 fully saturated rings. The number of amides is 1. The Bertz CT molecular complexity index is 1440. The average molecular weight is 487 g/mol.